The Morgan fingerprint density at radius 1 is 1.30 bits per heavy atom. The number of aromatic nitrogens is 2. The first-order valence-electron chi connectivity index (χ1n) is 7.93. The second kappa shape index (κ2) is 6.70. The average Bonchev–Trinajstić information content (AvgIpc) is 2.46. The number of hydrogen-bond donors (Lipinski definition) is 2. The third-order valence-corrected chi connectivity index (χ3v) is 4.81. The van der Waals surface area contributed by atoms with Gasteiger partial charge in [0.05, 0.1) is 24.8 Å². The van der Waals surface area contributed by atoms with Gasteiger partial charge in [0, 0.05) is 18.7 Å². The minimum atomic E-state index is -0.430. The van der Waals surface area contributed by atoms with E-state index in [-0.39, 0.29) is 41.6 Å². The molecule has 0 bridgehead atoms. The Morgan fingerprint density at radius 3 is 2.57 bits per heavy atom. The van der Waals surface area contributed by atoms with Crippen LogP contribution in [0.1, 0.15) is 33.3 Å². The lowest BCUT2D eigenvalue weighted by Crippen LogP contribution is -2.56. The monoisotopic (exact) mass is 323 g/mol. The highest BCUT2D eigenvalue weighted by Crippen LogP contribution is 2.31. The molecular weight excluding hydrogens is 298 g/mol. The lowest BCUT2D eigenvalue weighted by Gasteiger charge is -2.44. The third-order valence-electron chi connectivity index (χ3n) is 4.81. The number of amides is 1. The van der Waals surface area contributed by atoms with E-state index in [1.54, 1.807) is 13.1 Å². The molecule has 1 amide bonds. The van der Waals surface area contributed by atoms with Gasteiger partial charge in [-0.3, -0.25) is 19.1 Å². The molecule has 5 atom stereocenters. The highest BCUT2D eigenvalue weighted by Gasteiger charge is 2.39. The molecule has 0 aromatic carbocycles. The number of carbonyl (C=O) groups excluding carboxylic acids is 1. The number of ether oxygens (including phenoxy) is 1. The first kappa shape index (κ1) is 17.5. The van der Waals surface area contributed by atoms with Crippen LogP contribution in [0, 0.1) is 18.8 Å². The molecule has 2 heterocycles. The standard InChI is InChI=1S/C16H25N3O4/c1-8-6-19(16(22)18-15(8)21)7-13-9(2)10(3)14(11(4)23-13)17-12(5)20/h6,9-11,13-14H,7H2,1-5H3,(H,17,20)(H,18,21,22). The van der Waals surface area contributed by atoms with Crippen molar-refractivity contribution in [3.05, 3.63) is 32.6 Å². The highest BCUT2D eigenvalue weighted by molar-refractivity contribution is 5.73. The van der Waals surface area contributed by atoms with Crippen molar-refractivity contribution in [3.63, 3.8) is 0 Å². The maximum atomic E-state index is 11.9. The van der Waals surface area contributed by atoms with Crippen LogP contribution in [-0.4, -0.2) is 33.7 Å². The first-order valence-corrected chi connectivity index (χ1v) is 7.93. The number of carbonyl (C=O) groups is 1. The molecule has 2 rings (SSSR count). The van der Waals surface area contributed by atoms with E-state index in [0.717, 1.165) is 0 Å². The van der Waals surface area contributed by atoms with Gasteiger partial charge in [0.2, 0.25) is 5.91 Å². The zero-order valence-electron chi connectivity index (χ0n) is 14.3. The molecule has 0 aliphatic carbocycles. The molecule has 7 nitrogen and oxygen atoms in total. The van der Waals surface area contributed by atoms with Crippen LogP contribution in [0.25, 0.3) is 0 Å². The van der Waals surface area contributed by atoms with Crippen molar-refractivity contribution in [2.75, 3.05) is 0 Å². The second-order valence-corrected chi connectivity index (χ2v) is 6.55. The summed E-state index contributed by atoms with van der Waals surface area (Å²) in [6, 6.07) is -0.0483. The maximum absolute atomic E-state index is 11.9. The van der Waals surface area contributed by atoms with E-state index in [1.165, 1.54) is 11.5 Å². The van der Waals surface area contributed by atoms with Crippen molar-refractivity contribution in [1.82, 2.24) is 14.9 Å². The van der Waals surface area contributed by atoms with Crippen LogP contribution >= 0.6 is 0 Å². The quantitative estimate of drug-likeness (QED) is 0.842. The second-order valence-electron chi connectivity index (χ2n) is 6.55. The Labute approximate surface area is 135 Å². The Kier molecular flexibility index (Phi) is 5.09. The minimum Gasteiger partial charge on any atom is -0.371 e. The highest BCUT2D eigenvalue weighted by atomic mass is 16.5. The molecule has 1 aromatic heterocycles. The summed E-state index contributed by atoms with van der Waals surface area (Å²) in [6.07, 6.45) is 1.26. The van der Waals surface area contributed by atoms with Crippen LogP contribution in [0.2, 0.25) is 0 Å². The fourth-order valence-electron chi connectivity index (χ4n) is 3.22. The van der Waals surface area contributed by atoms with Gasteiger partial charge in [-0.1, -0.05) is 13.8 Å². The van der Waals surface area contributed by atoms with Crippen LogP contribution in [0.5, 0.6) is 0 Å². The summed E-state index contributed by atoms with van der Waals surface area (Å²) in [5.41, 5.74) is -0.303. The van der Waals surface area contributed by atoms with Crippen molar-refractivity contribution in [1.29, 1.82) is 0 Å². The van der Waals surface area contributed by atoms with E-state index >= 15 is 0 Å². The summed E-state index contributed by atoms with van der Waals surface area (Å²) in [7, 11) is 0. The van der Waals surface area contributed by atoms with Crippen molar-refractivity contribution >= 4 is 5.91 Å². The summed E-state index contributed by atoms with van der Waals surface area (Å²) in [6.45, 7) is 9.60. The van der Waals surface area contributed by atoms with Gasteiger partial charge in [0.1, 0.15) is 0 Å². The SMILES string of the molecule is CC(=O)NC1C(C)OC(Cn2cc(C)c(=O)[nH]c2=O)C(C)C1C. The van der Waals surface area contributed by atoms with Gasteiger partial charge in [-0.15, -0.1) is 0 Å². The molecule has 5 unspecified atom stereocenters. The molecule has 2 N–H and O–H groups in total. The number of nitrogens with zero attached hydrogens (tertiary/aromatic N) is 1. The van der Waals surface area contributed by atoms with E-state index in [1.807, 2.05) is 6.92 Å². The molecule has 1 aliphatic rings. The molecule has 1 fully saturated rings. The van der Waals surface area contributed by atoms with Gasteiger partial charge in [0.25, 0.3) is 5.56 Å². The van der Waals surface area contributed by atoms with Gasteiger partial charge in [-0.25, -0.2) is 4.79 Å². The topological polar surface area (TPSA) is 93.2 Å². The van der Waals surface area contributed by atoms with Gasteiger partial charge < -0.3 is 10.1 Å². The Bertz CT molecular complexity index is 693. The summed E-state index contributed by atoms with van der Waals surface area (Å²) >= 11 is 0. The summed E-state index contributed by atoms with van der Waals surface area (Å²) in [5.74, 6) is 0.296. The molecular formula is C16H25N3O4. The number of aromatic amines is 1. The zero-order chi connectivity index (χ0) is 17.3. The molecule has 128 valence electrons. The number of hydrogen-bond acceptors (Lipinski definition) is 4. The number of H-pyrrole nitrogens is 1. The molecule has 1 aliphatic heterocycles. The largest absolute Gasteiger partial charge is 0.371 e. The van der Waals surface area contributed by atoms with Gasteiger partial charge in [0.15, 0.2) is 0 Å². The van der Waals surface area contributed by atoms with Gasteiger partial charge in [-0.05, 0) is 25.7 Å². The minimum absolute atomic E-state index is 0.0483. The smallest absolute Gasteiger partial charge is 0.328 e. The normalized spacial score (nSPS) is 30.9. The zero-order valence-corrected chi connectivity index (χ0v) is 14.3. The van der Waals surface area contributed by atoms with E-state index in [9.17, 15) is 14.4 Å². The number of aryl methyl sites for hydroxylation is 1. The molecule has 0 saturated carbocycles. The average molecular weight is 323 g/mol. The van der Waals surface area contributed by atoms with Crippen molar-refractivity contribution < 1.29 is 9.53 Å². The van der Waals surface area contributed by atoms with Crippen molar-refractivity contribution in [3.8, 4) is 0 Å². The Balaban J connectivity index is 2.19. The molecule has 1 aromatic rings. The van der Waals surface area contributed by atoms with Crippen LogP contribution in [-0.2, 0) is 16.1 Å². The fourth-order valence-corrected chi connectivity index (χ4v) is 3.22. The summed E-state index contributed by atoms with van der Waals surface area (Å²) in [4.78, 5) is 37.1. The van der Waals surface area contributed by atoms with E-state index in [4.69, 9.17) is 4.74 Å². The van der Waals surface area contributed by atoms with E-state index < -0.39 is 5.69 Å². The fraction of sp³-hybridized carbons (Fsp3) is 0.688. The van der Waals surface area contributed by atoms with Crippen molar-refractivity contribution in [2.45, 2.75) is 59.4 Å². The van der Waals surface area contributed by atoms with Crippen LogP contribution in [0.3, 0.4) is 0 Å². The molecule has 0 spiro atoms. The van der Waals surface area contributed by atoms with E-state index in [2.05, 4.69) is 24.1 Å². The lowest BCUT2D eigenvalue weighted by atomic mass is 9.80. The third kappa shape index (κ3) is 3.72. The van der Waals surface area contributed by atoms with Crippen LogP contribution in [0.15, 0.2) is 15.8 Å². The molecule has 1 saturated heterocycles. The maximum Gasteiger partial charge on any atom is 0.328 e. The van der Waals surface area contributed by atoms with E-state index in [0.29, 0.717) is 12.1 Å². The van der Waals surface area contributed by atoms with Crippen molar-refractivity contribution in [2.24, 2.45) is 11.8 Å². The predicted octanol–water partition coefficient (Wildman–Crippen LogP) is 0.409. The Hall–Kier alpha value is -1.89. The van der Waals surface area contributed by atoms with Gasteiger partial charge in [-0.2, -0.15) is 0 Å². The van der Waals surface area contributed by atoms with Gasteiger partial charge >= 0.3 is 5.69 Å². The Morgan fingerprint density at radius 2 is 1.96 bits per heavy atom. The van der Waals surface area contributed by atoms with Crippen LogP contribution < -0.4 is 16.6 Å². The lowest BCUT2D eigenvalue weighted by molar-refractivity contribution is -0.135. The summed E-state index contributed by atoms with van der Waals surface area (Å²) in [5, 5.41) is 2.94. The first-order chi connectivity index (χ1) is 10.7. The predicted molar refractivity (Wildman–Crippen MR) is 86.3 cm³/mol. The molecule has 7 heteroatoms. The molecule has 23 heavy (non-hydrogen) atoms. The molecule has 0 radical (unpaired) electrons. The van der Waals surface area contributed by atoms with Crippen LogP contribution in [0.4, 0.5) is 0 Å². The summed E-state index contributed by atoms with van der Waals surface area (Å²) < 4.78 is 7.53. The number of nitrogens with one attached hydrogen (secondary N) is 2. The number of rotatable bonds is 3.